The lowest BCUT2D eigenvalue weighted by Crippen LogP contribution is -2.35. The standard InChI is InChI=1S/C28H26ClN3O2/c1-17-13-18(2)27(19(3)14-17)31-26(33)16-32(4)28(34)22-15-25(21-10-5-7-11-23(21)29)30-24-12-8-6-9-20(22)24/h5-15H,16H2,1-4H3,(H,31,33). The summed E-state index contributed by atoms with van der Waals surface area (Å²) in [6.45, 7) is 5.87. The van der Waals surface area contributed by atoms with Crippen LogP contribution in [-0.4, -0.2) is 35.3 Å². The molecule has 0 radical (unpaired) electrons. The zero-order valence-electron chi connectivity index (χ0n) is 19.6. The maximum Gasteiger partial charge on any atom is 0.254 e. The molecule has 4 rings (SSSR count). The van der Waals surface area contributed by atoms with E-state index in [0.29, 0.717) is 21.8 Å². The highest BCUT2D eigenvalue weighted by atomic mass is 35.5. The number of amides is 2. The highest BCUT2D eigenvalue weighted by Crippen LogP contribution is 2.30. The molecule has 0 spiro atoms. The van der Waals surface area contributed by atoms with Crippen molar-refractivity contribution in [3.05, 3.63) is 94.0 Å². The molecule has 3 aromatic carbocycles. The monoisotopic (exact) mass is 471 g/mol. The van der Waals surface area contributed by atoms with Crippen molar-refractivity contribution in [3.8, 4) is 11.3 Å². The molecule has 2 amide bonds. The van der Waals surface area contributed by atoms with E-state index in [-0.39, 0.29) is 18.4 Å². The Bertz CT molecular complexity index is 1390. The molecule has 1 N–H and O–H groups in total. The quantitative estimate of drug-likeness (QED) is 0.377. The number of para-hydroxylation sites is 1. The molecular weight excluding hydrogens is 446 g/mol. The second-order valence-corrected chi connectivity index (χ2v) is 8.94. The van der Waals surface area contributed by atoms with Gasteiger partial charge in [-0.2, -0.15) is 0 Å². The number of nitrogens with zero attached hydrogens (tertiary/aromatic N) is 2. The Kier molecular flexibility index (Phi) is 6.66. The Morgan fingerprint density at radius 2 is 1.59 bits per heavy atom. The van der Waals surface area contributed by atoms with Crippen molar-refractivity contribution >= 4 is 40.0 Å². The van der Waals surface area contributed by atoms with E-state index >= 15 is 0 Å². The smallest absolute Gasteiger partial charge is 0.254 e. The summed E-state index contributed by atoms with van der Waals surface area (Å²) < 4.78 is 0. The van der Waals surface area contributed by atoms with E-state index in [0.717, 1.165) is 33.3 Å². The Morgan fingerprint density at radius 3 is 2.29 bits per heavy atom. The van der Waals surface area contributed by atoms with Crippen LogP contribution in [0, 0.1) is 20.8 Å². The Balaban J connectivity index is 1.63. The van der Waals surface area contributed by atoms with Crippen LogP contribution in [0.15, 0.2) is 66.7 Å². The van der Waals surface area contributed by atoms with Gasteiger partial charge >= 0.3 is 0 Å². The van der Waals surface area contributed by atoms with Crippen LogP contribution in [0.2, 0.25) is 5.02 Å². The number of rotatable bonds is 5. The van der Waals surface area contributed by atoms with Crippen molar-refractivity contribution in [2.45, 2.75) is 20.8 Å². The molecule has 0 aliphatic heterocycles. The number of hydrogen-bond donors (Lipinski definition) is 1. The van der Waals surface area contributed by atoms with E-state index in [1.807, 2.05) is 75.4 Å². The second-order valence-electron chi connectivity index (χ2n) is 8.54. The minimum Gasteiger partial charge on any atom is -0.332 e. The van der Waals surface area contributed by atoms with Gasteiger partial charge in [0.1, 0.15) is 0 Å². The number of fused-ring (bicyclic) bond motifs is 1. The van der Waals surface area contributed by atoms with Crippen molar-refractivity contribution in [1.29, 1.82) is 0 Å². The third-order valence-electron chi connectivity index (χ3n) is 5.77. The molecule has 1 aromatic heterocycles. The molecule has 0 saturated carbocycles. The van der Waals surface area contributed by atoms with E-state index in [1.165, 1.54) is 4.90 Å². The van der Waals surface area contributed by atoms with Gasteiger partial charge < -0.3 is 10.2 Å². The third kappa shape index (κ3) is 4.80. The molecule has 0 atom stereocenters. The van der Waals surface area contributed by atoms with Gasteiger partial charge in [0.25, 0.3) is 5.91 Å². The number of likely N-dealkylation sites (N-methyl/N-ethyl adjacent to an activating group) is 1. The molecule has 6 heteroatoms. The van der Waals surface area contributed by atoms with Crippen molar-refractivity contribution in [2.24, 2.45) is 0 Å². The maximum atomic E-state index is 13.5. The van der Waals surface area contributed by atoms with E-state index in [2.05, 4.69) is 5.32 Å². The molecule has 0 bridgehead atoms. The number of benzene rings is 3. The Morgan fingerprint density at radius 1 is 0.941 bits per heavy atom. The van der Waals surface area contributed by atoms with Crippen LogP contribution in [0.5, 0.6) is 0 Å². The van der Waals surface area contributed by atoms with E-state index in [9.17, 15) is 9.59 Å². The van der Waals surface area contributed by atoms with Gasteiger partial charge in [0, 0.05) is 28.7 Å². The molecule has 0 aliphatic carbocycles. The van der Waals surface area contributed by atoms with Crippen molar-refractivity contribution in [1.82, 2.24) is 9.88 Å². The average Bonchev–Trinajstić information content (AvgIpc) is 2.80. The van der Waals surface area contributed by atoms with Gasteiger partial charge in [0.2, 0.25) is 5.91 Å². The summed E-state index contributed by atoms with van der Waals surface area (Å²) in [4.78, 5) is 32.4. The van der Waals surface area contributed by atoms with Gasteiger partial charge in [-0.05, 0) is 50.1 Å². The predicted molar refractivity (Wildman–Crippen MR) is 138 cm³/mol. The number of hydrogen-bond acceptors (Lipinski definition) is 3. The maximum absolute atomic E-state index is 13.5. The number of aromatic nitrogens is 1. The first-order chi connectivity index (χ1) is 16.2. The first-order valence-electron chi connectivity index (χ1n) is 11.0. The summed E-state index contributed by atoms with van der Waals surface area (Å²) in [5.41, 5.74) is 6.41. The Labute approximate surface area is 204 Å². The number of carbonyl (C=O) groups is 2. The second kappa shape index (κ2) is 9.65. The van der Waals surface area contributed by atoms with Gasteiger partial charge in [0.15, 0.2) is 0 Å². The van der Waals surface area contributed by atoms with Crippen LogP contribution >= 0.6 is 11.6 Å². The zero-order chi connectivity index (χ0) is 24.4. The fourth-order valence-electron chi connectivity index (χ4n) is 4.21. The van der Waals surface area contributed by atoms with Crippen molar-refractivity contribution < 1.29 is 9.59 Å². The van der Waals surface area contributed by atoms with Gasteiger partial charge in [-0.1, -0.05) is 65.7 Å². The Hall–Kier alpha value is -3.70. The first-order valence-corrected chi connectivity index (χ1v) is 11.4. The van der Waals surface area contributed by atoms with Gasteiger partial charge in [0.05, 0.1) is 23.3 Å². The molecule has 5 nitrogen and oxygen atoms in total. The number of anilines is 1. The van der Waals surface area contributed by atoms with E-state index < -0.39 is 0 Å². The molecule has 0 aliphatic rings. The van der Waals surface area contributed by atoms with Crippen LogP contribution in [-0.2, 0) is 4.79 Å². The molecular formula is C28H26ClN3O2. The number of halogens is 1. The zero-order valence-corrected chi connectivity index (χ0v) is 20.4. The highest BCUT2D eigenvalue weighted by molar-refractivity contribution is 6.33. The van der Waals surface area contributed by atoms with Crippen LogP contribution in [0.4, 0.5) is 5.69 Å². The van der Waals surface area contributed by atoms with Crippen molar-refractivity contribution in [2.75, 3.05) is 18.9 Å². The third-order valence-corrected chi connectivity index (χ3v) is 6.09. The summed E-state index contributed by atoms with van der Waals surface area (Å²) in [6, 6.07) is 20.7. The van der Waals surface area contributed by atoms with Gasteiger partial charge in [-0.15, -0.1) is 0 Å². The first kappa shape index (κ1) is 23.5. The number of carbonyl (C=O) groups excluding carboxylic acids is 2. The largest absolute Gasteiger partial charge is 0.332 e. The SMILES string of the molecule is Cc1cc(C)c(NC(=O)CN(C)C(=O)c2cc(-c3ccccc3Cl)nc3ccccc23)c(C)c1. The summed E-state index contributed by atoms with van der Waals surface area (Å²) >= 11 is 6.40. The predicted octanol–water partition coefficient (Wildman–Crippen LogP) is 6.19. The molecule has 0 unspecified atom stereocenters. The molecule has 4 aromatic rings. The van der Waals surface area contributed by atoms with Crippen LogP contribution in [0.25, 0.3) is 22.2 Å². The summed E-state index contributed by atoms with van der Waals surface area (Å²) in [7, 11) is 1.63. The minimum atomic E-state index is -0.264. The van der Waals surface area contributed by atoms with Gasteiger partial charge in [-0.25, -0.2) is 4.98 Å². The van der Waals surface area contributed by atoms with Crippen molar-refractivity contribution in [3.63, 3.8) is 0 Å². The number of nitrogens with one attached hydrogen (secondary N) is 1. The van der Waals surface area contributed by atoms with E-state index in [1.54, 1.807) is 19.2 Å². The molecule has 34 heavy (non-hydrogen) atoms. The van der Waals surface area contributed by atoms with Gasteiger partial charge in [-0.3, -0.25) is 9.59 Å². The number of aryl methyl sites for hydroxylation is 3. The minimum absolute atomic E-state index is 0.0797. The summed E-state index contributed by atoms with van der Waals surface area (Å²) in [6.07, 6.45) is 0. The molecule has 172 valence electrons. The lowest BCUT2D eigenvalue weighted by molar-refractivity contribution is -0.116. The average molecular weight is 472 g/mol. The fourth-order valence-corrected chi connectivity index (χ4v) is 4.44. The van der Waals surface area contributed by atoms with Crippen LogP contribution in [0.1, 0.15) is 27.0 Å². The van der Waals surface area contributed by atoms with Crippen LogP contribution < -0.4 is 5.32 Å². The molecule has 1 heterocycles. The topological polar surface area (TPSA) is 62.3 Å². The normalized spacial score (nSPS) is 10.9. The van der Waals surface area contributed by atoms with E-state index in [4.69, 9.17) is 16.6 Å². The lowest BCUT2D eigenvalue weighted by Gasteiger charge is -2.20. The lowest BCUT2D eigenvalue weighted by atomic mass is 10.0. The van der Waals surface area contributed by atoms with Crippen LogP contribution in [0.3, 0.4) is 0 Å². The fraction of sp³-hybridized carbons (Fsp3) is 0.179. The highest BCUT2D eigenvalue weighted by Gasteiger charge is 2.20. The molecule has 0 fully saturated rings. The molecule has 0 saturated heterocycles. The summed E-state index contributed by atoms with van der Waals surface area (Å²) in [5, 5.41) is 4.24. The summed E-state index contributed by atoms with van der Waals surface area (Å²) in [5.74, 6) is -0.519. The number of pyridine rings is 1.